The summed E-state index contributed by atoms with van der Waals surface area (Å²) in [5.74, 6) is 1.28. The van der Waals surface area contributed by atoms with Gasteiger partial charge in [0.2, 0.25) is 11.7 Å². The molecule has 1 aromatic heterocycles. The molecular formula is C24H25ClFN3O5. The van der Waals surface area contributed by atoms with Crippen LogP contribution in [0, 0.1) is 5.82 Å². The van der Waals surface area contributed by atoms with Crippen LogP contribution < -0.4 is 19.1 Å². The highest BCUT2D eigenvalue weighted by molar-refractivity contribution is 6.31. The van der Waals surface area contributed by atoms with Crippen LogP contribution >= 0.6 is 11.6 Å². The molecule has 34 heavy (non-hydrogen) atoms. The molecule has 2 aromatic carbocycles. The van der Waals surface area contributed by atoms with Gasteiger partial charge < -0.3 is 23.6 Å². The third-order valence-electron chi connectivity index (χ3n) is 5.30. The molecule has 3 aromatic rings. The molecule has 4 rings (SSSR count). The van der Waals surface area contributed by atoms with Gasteiger partial charge in [0.25, 0.3) is 5.89 Å². The Balaban J connectivity index is 1.60. The second-order valence-electron chi connectivity index (χ2n) is 7.56. The van der Waals surface area contributed by atoms with Gasteiger partial charge in [-0.3, -0.25) is 4.79 Å². The van der Waals surface area contributed by atoms with Crippen molar-refractivity contribution in [2.24, 2.45) is 0 Å². The summed E-state index contributed by atoms with van der Waals surface area (Å²) in [5.41, 5.74) is 1.14. The molecule has 1 aliphatic heterocycles. The van der Waals surface area contributed by atoms with E-state index in [1.165, 1.54) is 18.2 Å². The van der Waals surface area contributed by atoms with E-state index in [2.05, 4.69) is 10.1 Å². The van der Waals surface area contributed by atoms with Crippen molar-refractivity contribution in [3.05, 3.63) is 47.0 Å². The summed E-state index contributed by atoms with van der Waals surface area (Å²) in [7, 11) is 0. The molecule has 1 saturated heterocycles. The lowest BCUT2D eigenvalue weighted by atomic mass is 10.1. The van der Waals surface area contributed by atoms with Crippen LogP contribution in [-0.4, -0.2) is 42.4 Å². The number of carbonyl (C=O) groups is 1. The molecule has 2 heterocycles. The molecule has 1 aliphatic rings. The molecule has 0 N–H and O–H groups in total. The Kier molecular flexibility index (Phi) is 7.21. The number of anilines is 1. The molecule has 1 atom stereocenters. The smallest absolute Gasteiger partial charge is 0.258 e. The highest BCUT2D eigenvalue weighted by Gasteiger charge is 2.35. The summed E-state index contributed by atoms with van der Waals surface area (Å²) in [6.07, 6.45) is 0.200. The molecule has 0 spiro atoms. The monoisotopic (exact) mass is 489 g/mol. The zero-order chi connectivity index (χ0) is 24.2. The molecule has 1 amide bonds. The molecule has 0 bridgehead atoms. The van der Waals surface area contributed by atoms with E-state index in [0.717, 1.165) is 0 Å². The predicted molar refractivity (Wildman–Crippen MR) is 124 cm³/mol. The van der Waals surface area contributed by atoms with Crippen LogP contribution in [0.3, 0.4) is 0 Å². The van der Waals surface area contributed by atoms with Crippen LogP contribution in [-0.2, 0) is 4.79 Å². The van der Waals surface area contributed by atoms with Gasteiger partial charge in [-0.15, -0.1) is 0 Å². The van der Waals surface area contributed by atoms with Crippen LogP contribution in [0.25, 0.3) is 11.5 Å². The Morgan fingerprint density at radius 1 is 1.09 bits per heavy atom. The van der Waals surface area contributed by atoms with Crippen molar-refractivity contribution in [1.29, 1.82) is 0 Å². The van der Waals surface area contributed by atoms with Crippen LogP contribution in [0.15, 0.2) is 34.9 Å². The molecule has 180 valence electrons. The maximum Gasteiger partial charge on any atom is 0.258 e. The number of nitrogens with zero attached hydrogens (tertiary/aromatic N) is 3. The van der Waals surface area contributed by atoms with Gasteiger partial charge in [0.1, 0.15) is 5.82 Å². The molecule has 0 radical (unpaired) electrons. The van der Waals surface area contributed by atoms with Crippen molar-refractivity contribution < 1.29 is 27.9 Å². The summed E-state index contributed by atoms with van der Waals surface area (Å²) in [5, 5.41) is 4.07. The molecule has 0 aliphatic carbocycles. The van der Waals surface area contributed by atoms with Crippen molar-refractivity contribution in [3.8, 4) is 28.7 Å². The van der Waals surface area contributed by atoms with E-state index >= 15 is 0 Å². The van der Waals surface area contributed by atoms with E-state index in [1.54, 1.807) is 17.0 Å². The Bertz CT molecular complexity index is 1160. The third-order valence-corrected chi connectivity index (χ3v) is 5.59. The van der Waals surface area contributed by atoms with Gasteiger partial charge in [0.05, 0.1) is 24.8 Å². The van der Waals surface area contributed by atoms with Gasteiger partial charge in [0.15, 0.2) is 17.3 Å². The van der Waals surface area contributed by atoms with Gasteiger partial charge in [-0.05, 0) is 51.1 Å². The normalized spacial score (nSPS) is 15.6. The van der Waals surface area contributed by atoms with E-state index in [9.17, 15) is 9.18 Å². The highest BCUT2D eigenvalue weighted by Crippen LogP contribution is 2.42. The van der Waals surface area contributed by atoms with Crippen molar-refractivity contribution >= 4 is 23.2 Å². The Morgan fingerprint density at radius 3 is 2.38 bits per heavy atom. The lowest BCUT2D eigenvalue weighted by molar-refractivity contribution is -0.117. The lowest BCUT2D eigenvalue weighted by Gasteiger charge is -2.16. The molecule has 0 saturated carbocycles. The van der Waals surface area contributed by atoms with Gasteiger partial charge in [0, 0.05) is 30.1 Å². The minimum absolute atomic E-state index is 0.0405. The average molecular weight is 490 g/mol. The number of hydrogen-bond acceptors (Lipinski definition) is 7. The average Bonchev–Trinajstić information content (AvgIpc) is 3.45. The number of amides is 1. The fourth-order valence-electron chi connectivity index (χ4n) is 3.81. The van der Waals surface area contributed by atoms with Crippen LogP contribution in [0.5, 0.6) is 17.2 Å². The molecular weight excluding hydrogens is 465 g/mol. The molecule has 8 nitrogen and oxygen atoms in total. The second kappa shape index (κ2) is 10.3. The number of ether oxygens (including phenoxy) is 3. The van der Waals surface area contributed by atoms with Crippen molar-refractivity contribution in [3.63, 3.8) is 0 Å². The third kappa shape index (κ3) is 4.79. The van der Waals surface area contributed by atoms with Crippen molar-refractivity contribution in [2.75, 3.05) is 31.3 Å². The van der Waals surface area contributed by atoms with Crippen molar-refractivity contribution in [1.82, 2.24) is 10.1 Å². The SMILES string of the molecule is CCOc1cc(-c2nc([C@@H]3CC(=O)N(c4ccc(F)c(Cl)c4)C3)no2)cc(OCC)c1OCC. The van der Waals surface area contributed by atoms with E-state index in [1.807, 2.05) is 20.8 Å². The predicted octanol–water partition coefficient (Wildman–Crippen LogP) is 5.25. The van der Waals surface area contributed by atoms with Crippen LogP contribution in [0.2, 0.25) is 5.02 Å². The first kappa shape index (κ1) is 23.8. The zero-order valence-electron chi connectivity index (χ0n) is 19.1. The first-order valence-corrected chi connectivity index (χ1v) is 11.5. The number of aromatic nitrogens is 2. The Hall–Kier alpha value is -3.33. The van der Waals surface area contributed by atoms with Crippen LogP contribution in [0.1, 0.15) is 38.9 Å². The van der Waals surface area contributed by atoms with Gasteiger partial charge in [-0.1, -0.05) is 16.8 Å². The Labute approximate surface area is 201 Å². The second-order valence-corrected chi connectivity index (χ2v) is 7.97. The van der Waals surface area contributed by atoms with E-state index in [4.69, 9.17) is 30.3 Å². The maximum absolute atomic E-state index is 13.5. The Morgan fingerprint density at radius 2 is 1.76 bits per heavy atom. The zero-order valence-corrected chi connectivity index (χ0v) is 19.9. The number of carbonyl (C=O) groups excluding carboxylic acids is 1. The number of hydrogen-bond donors (Lipinski definition) is 0. The van der Waals surface area contributed by atoms with Gasteiger partial charge in [-0.25, -0.2) is 4.39 Å². The number of benzene rings is 2. The highest BCUT2D eigenvalue weighted by atomic mass is 35.5. The minimum Gasteiger partial charge on any atom is -0.490 e. The first-order chi connectivity index (χ1) is 16.4. The number of rotatable bonds is 9. The molecule has 0 unspecified atom stereocenters. The standard InChI is InChI=1S/C24H25ClFN3O5/c1-4-31-19-9-14(10-20(32-5-2)22(19)33-6-3)24-27-23(28-34-24)15-11-21(30)29(13-15)16-7-8-18(26)17(25)12-16/h7-10,12,15H,4-6,11,13H2,1-3H3/t15-/m1/s1. The summed E-state index contributed by atoms with van der Waals surface area (Å²) >= 11 is 5.88. The lowest BCUT2D eigenvalue weighted by Crippen LogP contribution is -2.24. The largest absolute Gasteiger partial charge is 0.490 e. The van der Waals surface area contributed by atoms with E-state index in [-0.39, 0.29) is 29.2 Å². The summed E-state index contributed by atoms with van der Waals surface area (Å²) in [4.78, 5) is 18.7. The first-order valence-electron chi connectivity index (χ1n) is 11.1. The fraction of sp³-hybridized carbons (Fsp3) is 0.375. The van der Waals surface area contributed by atoms with E-state index in [0.29, 0.717) is 60.7 Å². The number of halogens is 2. The molecule has 10 heteroatoms. The van der Waals surface area contributed by atoms with E-state index < -0.39 is 5.82 Å². The summed E-state index contributed by atoms with van der Waals surface area (Å²) < 4.78 is 36.3. The van der Waals surface area contributed by atoms with Crippen molar-refractivity contribution in [2.45, 2.75) is 33.1 Å². The maximum atomic E-state index is 13.5. The summed E-state index contributed by atoms with van der Waals surface area (Å²) in [6.45, 7) is 7.31. The summed E-state index contributed by atoms with van der Waals surface area (Å²) in [6, 6.07) is 7.72. The van der Waals surface area contributed by atoms with Gasteiger partial charge >= 0.3 is 0 Å². The minimum atomic E-state index is -0.537. The molecule has 1 fully saturated rings. The van der Waals surface area contributed by atoms with Gasteiger partial charge in [-0.2, -0.15) is 4.98 Å². The fourth-order valence-corrected chi connectivity index (χ4v) is 3.99. The van der Waals surface area contributed by atoms with Crippen LogP contribution in [0.4, 0.5) is 10.1 Å². The topological polar surface area (TPSA) is 86.9 Å². The quantitative estimate of drug-likeness (QED) is 0.406.